The monoisotopic (exact) mass is 483 g/mol. The van der Waals surface area contributed by atoms with E-state index in [9.17, 15) is 9.18 Å². The molecule has 6 rings (SSSR count). The van der Waals surface area contributed by atoms with E-state index in [-0.39, 0.29) is 11.7 Å². The van der Waals surface area contributed by atoms with Crippen molar-refractivity contribution in [2.45, 2.75) is 25.8 Å². The fourth-order valence-electron chi connectivity index (χ4n) is 5.13. The Labute approximate surface area is 207 Å². The predicted octanol–water partition coefficient (Wildman–Crippen LogP) is 7.46. The first kappa shape index (κ1) is 21.7. The molecule has 0 unspecified atom stereocenters. The molecule has 2 aromatic heterocycles. The van der Waals surface area contributed by atoms with Crippen molar-refractivity contribution in [3.63, 3.8) is 0 Å². The molecule has 35 heavy (non-hydrogen) atoms. The molecule has 0 fully saturated rings. The second-order valence-electron chi connectivity index (χ2n) is 8.86. The zero-order valence-electron chi connectivity index (χ0n) is 19.0. The largest absolute Gasteiger partial charge is 0.325 e. The lowest BCUT2D eigenvalue weighted by Gasteiger charge is -2.10. The first-order valence-electron chi connectivity index (χ1n) is 11.7. The van der Waals surface area contributed by atoms with E-state index in [1.165, 1.54) is 12.1 Å². The molecule has 0 aliphatic carbocycles. The van der Waals surface area contributed by atoms with E-state index in [2.05, 4.69) is 28.2 Å². The zero-order chi connectivity index (χ0) is 23.9. The third-order valence-electron chi connectivity index (χ3n) is 6.63. The van der Waals surface area contributed by atoms with Crippen LogP contribution < -0.4 is 5.32 Å². The van der Waals surface area contributed by atoms with Gasteiger partial charge in [-0.15, -0.1) is 0 Å². The topological polar surface area (TPSA) is 38.4 Å². The Balaban J connectivity index is 1.61. The Morgan fingerprint density at radius 3 is 2.49 bits per heavy atom. The van der Waals surface area contributed by atoms with E-state index < -0.39 is 0 Å². The van der Waals surface area contributed by atoms with E-state index in [1.807, 2.05) is 28.7 Å². The van der Waals surface area contributed by atoms with Gasteiger partial charge in [0.05, 0.1) is 5.69 Å². The van der Waals surface area contributed by atoms with Gasteiger partial charge in [-0.2, -0.15) is 0 Å². The second-order valence-corrected chi connectivity index (χ2v) is 9.29. The van der Waals surface area contributed by atoms with Crippen LogP contribution in [-0.2, 0) is 13.0 Å². The summed E-state index contributed by atoms with van der Waals surface area (Å²) in [7, 11) is 0. The molecule has 174 valence electrons. The van der Waals surface area contributed by atoms with E-state index in [0.29, 0.717) is 16.4 Å². The molecule has 3 aromatic carbocycles. The number of amides is 1. The fourth-order valence-corrected chi connectivity index (χ4v) is 5.32. The normalized spacial score (nSPS) is 13.1. The minimum Gasteiger partial charge on any atom is -0.325 e. The molecule has 0 radical (unpaired) electrons. The van der Waals surface area contributed by atoms with E-state index in [4.69, 9.17) is 11.6 Å². The third-order valence-corrected chi connectivity index (χ3v) is 6.87. The van der Waals surface area contributed by atoms with Gasteiger partial charge in [0, 0.05) is 34.6 Å². The van der Waals surface area contributed by atoms with Crippen LogP contribution >= 0.6 is 11.6 Å². The smallest absolute Gasteiger partial charge is 0.273 e. The number of nitrogens with zero attached hydrogens (tertiary/aromatic N) is 2. The number of nitrogens with one attached hydrogen (secondary N) is 1. The zero-order valence-corrected chi connectivity index (χ0v) is 19.7. The third kappa shape index (κ3) is 3.82. The van der Waals surface area contributed by atoms with Gasteiger partial charge < -0.3 is 9.88 Å². The van der Waals surface area contributed by atoms with Gasteiger partial charge in [-0.1, -0.05) is 60.1 Å². The predicted molar refractivity (Wildman–Crippen MR) is 139 cm³/mol. The van der Waals surface area contributed by atoms with E-state index in [0.717, 1.165) is 59.4 Å². The first-order valence-corrected chi connectivity index (χ1v) is 12.1. The molecule has 1 aliphatic heterocycles. The van der Waals surface area contributed by atoms with Crippen LogP contribution in [0.5, 0.6) is 0 Å². The number of carbonyl (C=O) groups excluding carboxylic acids is 1. The van der Waals surface area contributed by atoms with Gasteiger partial charge in [-0.3, -0.25) is 9.20 Å². The van der Waals surface area contributed by atoms with Crippen molar-refractivity contribution in [2.24, 2.45) is 0 Å². The molecule has 6 heteroatoms. The highest BCUT2D eigenvalue weighted by molar-refractivity contribution is 6.31. The highest BCUT2D eigenvalue weighted by Gasteiger charge is 2.29. The molecule has 0 saturated heterocycles. The van der Waals surface area contributed by atoms with Crippen LogP contribution in [0.4, 0.5) is 10.1 Å². The summed E-state index contributed by atoms with van der Waals surface area (Å²) < 4.78 is 18.1. The lowest BCUT2D eigenvalue weighted by atomic mass is 9.97. The number of imidazole rings is 1. The summed E-state index contributed by atoms with van der Waals surface area (Å²) in [5.41, 5.74) is 7.17. The van der Waals surface area contributed by atoms with E-state index >= 15 is 0 Å². The summed E-state index contributed by atoms with van der Waals surface area (Å²) in [5, 5.41) is 3.58. The van der Waals surface area contributed by atoms with Crippen molar-refractivity contribution in [2.75, 3.05) is 5.32 Å². The summed E-state index contributed by atoms with van der Waals surface area (Å²) in [5.74, 6) is -0.533. The summed E-state index contributed by atoms with van der Waals surface area (Å²) >= 11 is 6.16. The van der Waals surface area contributed by atoms with Crippen LogP contribution in [0.3, 0.4) is 0 Å². The molecule has 1 amide bonds. The maximum absolute atomic E-state index is 13.8. The average Bonchev–Trinajstić information content (AvgIpc) is 3.28. The van der Waals surface area contributed by atoms with Gasteiger partial charge in [-0.05, 0) is 60.7 Å². The Morgan fingerprint density at radius 1 is 0.914 bits per heavy atom. The van der Waals surface area contributed by atoms with Gasteiger partial charge >= 0.3 is 0 Å². The lowest BCUT2D eigenvalue weighted by Crippen LogP contribution is -2.15. The number of aromatic nitrogens is 2. The number of hydrogen-bond acceptors (Lipinski definition) is 1. The highest BCUT2D eigenvalue weighted by atomic mass is 35.5. The Hall–Kier alpha value is -3.83. The van der Waals surface area contributed by atoms with Gasteiger partial charge in [-0.25, -0.2) is 4.39 Å². The minimum absolute atomic E-state index is 0.231. The number of halogens is 2. The Bertz CT molecular complexity index is 1550. The van der Waals surface area contributed by atoms with Crippen LogP contribution in [0.15, 0.2) is 85.1 Å². The molecule has 0 spiro atoms. The molecular weight excluding hydrogens is 461 g/mol. The van der Waals surface area contributed by atoms with Crippen LogP contribution in [0.1, 0.15) is 28.9 Å². The summed E-state index contributed by atoms with van der Waals surface area (Å²) in [6, 6.07) is 23.8. The van der Waals surface area contributed by atoms with Gasteiger partial charge in [0.15, 0.2) is 0 Å². The summed E-state index contributed by atoms with van der Waals surface area (Å²) in [6.07, 6.45) is 4.96. The Kier molecular flexibility index (Phi) is 5.42. The molecule has 0 bridgehead atoms. The van der Waals surface area contributed by atoms with Crippen molar-refractivity contribution in [3.8, 4) is 22.4 Å². The number of hydrogen-bond donors (Lipinski definition) is 1. The van der Waals surface area contributed by atoms with Crippen molar-refractivity contribution in [1.29, 1.82) is 0 Å². The molecular formula is C29H23ClFN3O. The maximum atomic E-state index is 13.8. The molecule has 0 saturated carbocycles. The lowest BCUT2D eigenvalue weighted by molar-refractivity contribution is 0.102. The number of benzene rings is 3. The summed E-state index contributed by atoms with van der Waals surface area (Å²) in [6.45, 7) is 0.871. The van der Waals surface area contributed by atoms with Crippen molar-refractivity contribution < 1.29 is 9.18 Å². The van der Waals surface area contributed by atoms with Gasteiger partial charge in [0.1, 0.15) is 17.2 Å². The molecule has 3 heterocycles. The van der Waals surface area contributed by atoms with Crippen molar-refractivity contribution in [3.05, 3.63) is 107 Å². The van der Waals surface area contributed by atoms with E-state index in [1.54, 1.807) is 30.3 Å². The maximum Gasteiger partial charge on any atom is 0.273 e. The number of anilines is 1. The Morgan fingerprint density at radius 2 is 1.71 bits per heavy atom. The number of aryl methyl sites for hydroxylation is 2. The SMILES string of the molecule is O=C(Nc1cccc(Cl)c1)c1c(-c2ccc(F)cc2)c2c3n(c(-c4ccccc4)cn13)CCCC2. The standard InChI is InChI=1S/C29H23ClFN3O/c30-21-9-6-10-23(17-21)32-28(35)27-26(20-12-14-22(31)15-13-20)24-11-4-5-16-33-25(18-34(27)29(24)33)19-7-2-1-3-8-19/h1-3,6-10,12-15,17-18H,4-5,11,16H2,(H,32,35). The second kappa shape index (κ2) is 8.75. The summed E-state index contributed by atoms with van der Waals surface area (Å²) in [4.78, 5) is 13.8. The van der Waals surface area contributed by atoms with Gasteiger partial charge in [0.25, 0.3) is 5.91 Å². The van der Waals surface area contributed by atoms with Crippen LogP contribution in [-0.4, -0.2) is 14.9 Å². The fraction of sp³-hybridized carbons (Fsp3) is 0.138. The molecule has 1 aliphatic rings. The molecule has 1 N–H and O–H groups in total. The molecule has 5 aromatic rings. The first-order chi connectivity index (χ1) is 17.1. The van der Waals surface area contributed by atoms with Crippen LogP contribution in [0.25, 0.3) is 28.0 Å². The average molecular weight is 484 g/mol. The van der Waals surface area contributed by atoms with Crippen LogP contribution in [0, 0.1) is 5.82 Å². The minimum atomic E-state index is -0.302. The van der Waals surface area contributed by atoms with Crippen molar-refractivity contribution >= 4 is 28.8 Å². The molecule has 0 atom stereocenters. The molecule has 4 nitrogen and oxygen atoms in total. The quantitative estimate of drug-likeness (QED) is 0.283. The number of carbonyl (C=O) groups is 1. The number of rotatable bonds is 4. The van der Waals surface area contributed by atoms with Crippen molar-refractivity contribution in [1.82, 2.24) is 8.97 Å². The highest BCUT2D eigenvalue weighted by Crippen LogP contribution is 2.39. The van der Waals surface area contributed by atoms with Gasteiger partial charge in [0.2, 0.25) is 0 Å². The van der Waals surface area contributed by atoms with Crippen LogP contribution in [0.2, 0.25) is 5.02 Å².